The lowest BCUT2D eigenvalue weighted by atomic mass is 10.1. The van der Waals surface area contributed by atoms with E-state index in [0.717, 1.165) is 12.0 Å². The zero-order valence-corrected chi connectivity index (χ0v) is 15.4. The Hall–Kier alpha value is -3.48. The van der Waals surface area contributed by atoms with Crippen LogP contribution in [-0.4, -0.2) is 47.1 Å². The molecule has 1 fully saturated rings. The van der Waals surface area contributed by atoms with E-state index >= 15 is 0 Å². The minimum absolute atomic E-state index is 0.0412. The van der Waals surface area contributed by atoms with Gasteiger partial charge in [0.25, 0.3) is 11.8 Å². The van der Waals surface area contributed by atoms with Crippen molar-refractivity contribution in [3.63, 3.8) is 0 Å². The van der Waals surface area contributed by atoms with E-state index in [0.29, 0.717) is 35.9 Å². The molecule has 1 aliphatic heterocycles. The summed E-state index contributed by atoms with van der Waals surface area (Å²) in [6.45, 7) is 1.16. The van der Waals surface area contributed by atoms with Gasteiger partial charge in [-0.3, -0.25) is 4.79 Å². The predicted octanol–water partition coefficient (Wildman–Crippen LogP) is 3.15. The van der Waals surface area contributed by atoms with Crippen LogP contribution in [0.5, 0.6) is 0 Å². The van der Waals surface area contributed by atoms with E-state index in [9.17, 15) is 9.59 Å². The smallest absolute Gasteiger partial charge is 0.337 e. The summed E-state index contributed by atoms with van der Waals surface area (Å²) in [4.78, 5) is 30.5. The minimum atomic E-state index is -0.424. The Morgan fingerprint density at radius 1 is 1.07 bits per heavy atom. The van der Waals surface area contributed by atoms with Crippen molar-refractivity contribution in [3.05, 3.63) is 71.5 Å². The van der Waals surface area contributed by atoms with Gasteiger partial charge in [0.1, 0.15) is 0 Å². The minimum Gasteiger partial charge on any atom is -0.465 e. The van der Waals surface area contributed by atoms with E-state index in [-0.39, 0.29) is 11.8 Å². The number of amides is 1. The van der Waals surface area contributed by atoms with Crippen molar-refractivity contribution in [2.45, 2.75) is 12.3 Å². The van der Waals surface area contributed by atoms with Crippen LogP contribution in [0, 0.1) is 0 Å². The molecule has 1 aliphatic rings. The van der Waals surface area contributed by atoms with Crippen molar-refractivity contribution in [1.82, 2.24) is 15.0 Å². The predicted molar refractivity (Wildman–Crippen MR) is 101 cm³/mol. The number of aromatic nitrogens is 2. The number of esters is 1. The van der Waals surface area contributed by atoms with Crippen molar-refractivity contribution >= 4 is 11.9 Å². The third kappa shape index (κ3) is 3.51. The number of methoxy groups -OCH3 is 1. The molecule has 0 bridgehead atoms. The van der Waals surface area contributed by atoms with Crippen LogP contribution in [-0.2, 0) is 4.74 Å². The molecule has 1 saturated heterocycles. The standard InChI is InChI=1S/C21H19N3O4/c1-27-21(26)16-9-7-15(8-10-16)20(25)24-12-11-17(13-24)18-22-19(28-23-18)14-5-3-2-4-6-14/h2-10,17H,11-13H2,1H3/t17-/m0/s1. The van der Waals surface area contributed by atoms with Gasteiger partial charge in [-0.2, -0.15) is 4.98 Å². The SMILES string of the molecule is COC(=O)c1ccc(C(=O)N2CC[C@H](c3noc(-c4ccccc4)n3)C2)cc1. The average Bonchev–Trinajstić information content (AvgIpc) is 3.43. The Kier molecular flexibility index (Phi) is 4.89. The summed E-state index contributed by atoms with van der Waals surface area (Å²) >= 11 is 0. The van der Waals surface area contributed by atoms with Crippen LogP contribution in [0.4, 0.5) is 0 Å². The second-order valence-electron chi connectivity index (χ2n) is 6.63. The third-order valence-corrected chi connectivity index (χ3v) is 4.86. The molecule has 7 heteroatoms. The number of hydrogen-bond donors (Lipinski definition) is 0. The number of benzene rings is 2. The lowest BCUT2D eigenvalue weighted by molar-refractivity contribution is 0.0600. The molecular weight excluding hydrogens is 358 g/mol. The van der Waals surface area contributed by atoms with Gasteiger partial charge in [-0.1, -0.05) is 23.4 Å². The Balaban J connectivity index is 1.43. The van der Waals surface area contributed by atoms with E-state index < -0.39 is 5.97 Å². The molecule has 3 aromatic rings. The maximum absolute atomic E-state index is 12.7. The first-order valence-electron chi connectivity index (χ1n) is 9.02. The molecule has 0 spiro atoms. The number of carbonyl (C=O) groups excluding carboxylic acids is 2. The Morgan fingerprint density at radius 3 is 2.50 bits per heavy atom. The van der Waals surface area contributed by atoms with Crippen molar-refractivity contribution in [2.75, 3.05) is 20.2 Å². The Morgan fingerprint density at radius 2 is 1.79 bits per heavy atom. The molecule has 0 saturated carbocycles. The molecule has 0 unspecified atom stereocenters. The van der Waals surface area contributed by atoms with Crippen LogP contribution in [0.25, 0.3) is 11.5 Å². The number of likely N-dealkylation sites (tertiary alicyclic amines) is 1. The average molecular weight is 377 g/mol. The molecule has 7 nitrogen and oxygen atoms in total. The summed E-state index contributed by atoms with van der Waals surface area (Å²) in [5, 5.41) is 4.11. The highest BCUT2D eigenvalue weighted by atomic mass is 16.5. The summed E-state index contributed by atoms with van der Waals surface area (Å²) in [5.41, 5.74) is 1.82. The van der Waals surface area contributed by atoms with Crippen molar-refractivity contribution in [3.8, 4) is 11.5 Å². The van der Waals surface area contributed by atoms with Gasteiger partial charge in [-0.15, -0.1) is 0 Å². The van der Waals surface area contributed by atoms with Crippen molar-refractivity contribution in [1.29, 1.82) is 0 Å². The highest BCUT2D eigenvalue weighted by Crippen LogP contribution is 2.28. The summed E-state index contributed by atoms with van der Waals surface area (Å²) in [6, 6.07) is 16.1. The number of rotatable bonds is 4. The van der Waals surface area contributed by atoms with Crippen LogP contribution in [0.3, 0.4) is 0 Å². The summed E-state index contributed by atoms with van der Waals surface area (Å²) in [6.07, 6.45) is 0.778. The number of carbonyl (C=O) groups is 2. The molecule has 1 atom stereocenters. The molecule has 1 amide bonds. The van der Waals surface area contributed by atoms with Gasteiger partial charge in [-0.05, 0) is 42.8 Å². The monoisotopic (exact) mass is 377 g/mol. The molecule has 2 aromatic carbocycles. The van der Waals surface area contributed by atoms with Gasteiger partial charge in [0.15, 0.2) is 5.82 Å². The second kappa shape index (κ2) is 7.64. The van der Waals surface area contributed by atoms with E-state index in [4.69, 9.17) is 4.52 Å². The van der Waals surface area contributed by atoms with Gasteiger partial charge < -0.3 is 14.2 Å². The fourth-order valence-corrected chi connectivity index (χ4v) is 3.30. The molecule has 0 radical (unpaired) electrons. The van der Waals surface area contributed by atoms with E-state index in [1.54, 1.807) is 29.2 Å². The first kappa shape index (κ1) is 17.9. The number of hydrogen-bond acceptors (Lipinski definition) is 6. The topological polar surface area (TPSA) is 85.5 Å². The summed E-state index contributed by atoms with van der Waals surface area (Å²) in [5.74, 6) is 0.644. The molecule has 1 aromatic heterocycles. The third-order valence-electron chi connectivity index (χ3n) is 4.86. The van der Waals surface area contributed by atoms with Crippen LogP contribution >= 0.6 is 0 Å². The number of ether oxygens (including phenoxy) is 1. The molecule has 0 N–H and O–H groups in total. The van der Waals surface area contributed by atoms with Gasteiger partial charge >= 0.3 is 5.97 Å². The maximum atomic E-state index is 12.7. The first-order valence-corrected chi connectivity index (χ1v) is 9.02. The lowest BCUT2D eigenvalue weighted by Crippen LogP contribution is -2.28. The molecule has 2 heterocycles. The van der Waals surface area contributed by atoms with Gasteiger partial charge in [0, 0.05) is 30.1 Å². The number of nitrogens with zero attached hydrogens (tertiary/aromatic N) is 3. The molecule has 28 heavy (non-hydrogen) atoms. The Bertz CT molecular complexity index is 982. The Labute approximate surface area is 161 Å². The molecule has 4 rings (SSSR count). The van der Waals surface area contributed by atoms with Crippen LogP contribution < -0.4 is 0 Å². The molecule has 0 aliphatic carbocycles. The molecular formula is C21H19N3O4. The van der Waals surface area contributed by atoms with Crippen molar-refractivity contribution in [2.24, 2.45) is 0 Å². The fraction of sp³-hybridized carbons (Fsp3) is 0.238. The maximum Gasteiger partial charge on any atom is 0.337 e. The van der Waals surface area contributed by atoms with Crippen molar-refractivity contribution < 1.29 is 18.8 Å². The fourth-order valence-electron chi connectivity index (χ4n) is 3.30. The zero-order valence-electron chi connectivity index (χ0n) is 15.4. The van der Waals surface area contributed by atoms with Gasteiger partial charge in [0.05, 0.1) is 12.7 Å². The normalized spacial score (nSPS) is 16.2. The van der Waals surface area contributed by atoms with Crippen LogP contribution in [0.15, 0.2) is 59.1 Å². The quantitative estimate of drug-likeness (QED) is 0.649. The van der Waals surface area contributed by atoms with Crippen LogP contribution in [0.2, 0.25) is 0 Å². The van der Waals surface area contributed by atoms with E-state index in [1.807, 2.05) is 30.3 Å². The second-order valence-corrected chi connectivity index (χ2v) is 6.63. The first-order chi connectivity index (χ1) is 13.7. The summed E-state index contributed by atoms with van der Waals surface area (Å²) < 4.78 is 10.1. The van der Waals surface area contributed by atoms with E-state index in [1.165, 1.54) is 7.11 Å². The summed E-state index contributed by atoms with van der Waals surface area (Å²) in [7, 11) is 1.33. The van der Waals surface area contributed by atoms with Crippen LogP contribution in [0.1, 0.15) is 38.9 Å². The van der Waals surface area contributed by atoms with Gasteiger partial charge in [0.2, 0.25) is 0 Å². The molecule has 142 valence electrons. The lowest BCUT2D eigenvalue weighted by Gasteiger charge is -2.16. The highest BCUT2D eigenvalue weighted by molar-refractivity contribution is 5.96. The largest absolute Gasteiger partial charge is 0.465 e. The van der Waals surface area contributed by atoms with E-state index in [2.05, 4.69) is 14.9 Å². The highest BCUT2D eigenvalue weighted by Gasteiger charge is 2.31. The van der Waals surface area contributed by atoms with Gasteiger partial charge in [-0.25, -0.2) is 4.79 Å². The zero-order chi connectivity index (χ0) is 19.5.